The number of rotatable bonds is 11. The van der Waals surface area contributed by atoms with E-state index in [1.165, 1.54) is 5.57 Å². The number of thiazole rings is 1. The van der Waals surface area contributed by atoms with Crippen molar-refractivity contribution in [3.8, 4) is 0 Å². The Morgan fingerprint density at radius 1 is 1.07 bits per heavy atom. The third kappa shape index (κ3) is 7.47. The number of allylic oxidation sites excluding steroid dienone is 8. The second-order valence-electron chi connectivity index (χ2n) is 10.2. The summed E-state index contributed by atoms with van der Waals surface area (Å²) in [6.07, 6.45) is 18.2. The summed E-state index contributed by atoms with van der Waals surface area (Å²) >= 11 is 9.59. The molecule has 42 heavy (non-hydrogen) atoms. The van der Waals surface area contributed by atoms with Crippen LogP contribution in [-0.2, 0) is 26.8 Å². The van der Waals surface area contributed by atoms with E-state index >= 15 is 0 Å². The van der Waals surface area contributed by atoms with E-state index in [2.05, 4.69) is 48.3 Å². The lowest BCUT2D eigenvalue weighted by Crippen LogP contribution is -2.36. The summed E-state index contributed by atoms with van der Waals surface area (Å²) in [6.45, 7) is 2.90. The molecule has 0 bridgehead atoms. The lowest BCUT2D eigenvalue weighted by molar-refractivity contribution is -0.668. The first-order chi connectivity index (χ1) is 19.9. The number of fused-ring (bicyclic) bond motifs is 3. The summed E-state index contributed by atoms with van der Waals surface area (Å²) in [5.41, 5.74) is 4.27. The SMILES string of the molecule is CCC(=Cc1sc2ccc(Cl)cc2[n+]1CCCS(=O)(=O)O)C=C1SC2C=CC3C=CC=CC3=C2N1CCCS(=O)(=O)O. The molecule has 2 heterocycles. The Morgan fingerprint density at radius 3 is 2.57 bits per heavy atom. The molecule has 0 amide bonds. The molecule has 2 atom stereocenters. The Balaban J connectivity index is 1.53. The van der Waals surface area contributed by atoms with Crippen LogP contribution in [0.2, 0.25) is 5.02 Å². The van der Waals surface area contributed by atoms with Crippen LogP contribution in [0.15, 0.2) is 82.6 Å². The Morgan fingerprint density at radius 2 is 1.83 bits per heavy atom. The van der Waals surface area contributed by atoms with Gasteiger partial charge in [-0.05, 0) is 42.2 Å². The summed E-state index contributed by atoms with van der Waals surface area (Å²) in [4.78, 5) is 2.18. The van der Waals surface area contributed by atoms with Gasteiger partial charge in [0, 0.05) is 41.7 Å². The molecule has 2 aliphatic carbocycles. The topological polar surface area (TPSA) is 116 Å². The van der Waals surface area contributed by atoms with Crippen molar-refractivity contribution in [2.75, 3.05) is 18.1 Å². The van der Waals surface area contributed by atoms with Gasteiger partial charge < -0.3 is 4.90 Å². The number of aromatic nitrogens is 1. The fourth-order valence-corrected chi connectivity index (χ4v) is 8.94. The lowest BCUT2D eigenvalue weighted by Gasteiger charge is -2.29. The summed E-state index contributed by atoms with van der Waals surface area (Å²) in [5, 5.41) is 2.60. The van der Waals surface area contributed by atoms with Crippen LogP contribution in [0, 0.1) is 5.92 Å². The lowest BCUT2D eigenvalue weighted by atomic mass is 9.87. The number of benzene rings is 1. The average Bonchev–Trinajstić information content (AvgIpc) is 3.44. The van der Waals surface area contributed by atoms with Gasteiger partial charge in [-0.2, -0.15) is 21.4 Å². The highest BCUT2D eigenvalue weighted by Crippen LogP contribution is 2.48. The van der Waals surface area contributed by atoms with E-state index in [-0.39, 0.29) is 35.5 Å². The first-order valence-electron chi connectivity index (χ1n) is 13.6. The minimum Gasteiger partial charge on any atom is -0.338 e. The highest BCUT2D eigenvalue weighted by Gasteiger charge is 2.37. The summed E-state index contributed by atoms with van der Waals surface area (Å²) in [5.74, 6) is -0.482. The molecule has 0 spiro atoms. The molecule has 1 aromatic carbocycles. The van der Waals surface area contributed by atoms with Gasteiger partial charge in [-0.3, -0.25) is 9.11 Å². The predicted molar refractivity (Wildman–Crippen MR) is 171 cm³/mol. The zero-order valence-electron chi connectivity index (χ0n) is 22.9. The zero-order valence-corrected chi connectivity index (χ0v) is 26.9. The van der Waals surface area contributed by atoms with Gasteiger partial charge in [0.25, 0.3) is 25.2 Å². The van der Waals surface area contributed by atoms with E-state index in [1.807, 2.05) is 34.9 Å². The quantitative estimate of drug-likeness (QED) is 0.170. The Bertz CT molecular complexity index is 1780. The van der Waals surface area contributed by atoms with Crippen LogP contribution in [-0.4, -0.2) is 54.1 Å². The number of hydrogen-bond acceptors (Lipinski definition) is 7. The molecule has 1 aromatic heterocycles. The van der Waals surface area contributed by atoms with Crippen LogP contribution >= 0.6 is 34.7 Å². The molecule has 1 fully saturated rings. The number of halogens is 1. The second-order valence-corrected chi connectivity index (χ2v) is 16.0. The minimum absolute atomic E-state index is 0.0966. The largest absolute Gasteiger partial charge is 0.338 e. The summed E-state index contributed by atoms with van der Waals surface area (Å²) in [6, 6.07) is 5.63. The van der Waals surface area contributed by atoms with Crippen LogP contribution in [0.3, 0.4) is 0 Å². The fourth-order valence-electron chi connectivity index (χ4n) is 5.30. The highest BCUT2D eigenvalue weighted by molar-refractivity contribution is 8.04. The van der Waals surface area contributed by atoms with E-state index in [0.29, 0.717) is 18.1 Å². The van der Waals surface area contributed by atoms with E-state index in [1.54, 1.807) is 23.1 Å². The molecule has 0 radical (unpaired) electrons. The molecule has 0 saturated carbocycles. The normalized spacial score (nSPS) is 21.6. The van der Waals surface area contributed by atoms with Crippen molar-refractivity contribution in [1.29, 1.82) is 0 Å². The molecule has 2 unspecified atom stereocenters. The molecule has 2 aromatic rings. The van der Waals surface area contributed by atoms with Crippen LogP contribution in [0.25, 0.3) is 16.3 Å². The number of thioether (sulfide) groups is 1. The molecule has 8 nitrogen and oxygen atoms in total. The molecular weight excluding hydrogens is 636 g/mol. The monoisotopic (exact) mass is 667 g/mol. The first-order valence-corrected chi connectivity index (χ1v) is 18.9. The maximum absolute atomic E-state index is 11.5. The standard InChI is InChI=1S/C29H31ClN2O6S4/c1-2-20(17-27-31(13-5-15-41(33,34)35)24-19-22(30)10-12-25(24)39-27)18-28-32(14-6-16-42(36,37)38)29-23-8-4-3-7-21(23)9-11-26(29)40-28/h3-4,7-12,17-19,21,26H,2,5-6,13-16H2,1H3,(H-,33,34,35,36,37,38)/p+1. The van der Waals surface area contributed by atoms with Gasteiger partial charge in [0.2, 0.25) is 5.52 Å². The van der Waals surface area contributed by atoms with Crippen molar-refractivity contribution in [2.24, 2.45) is 5.92 Å². The first kappa shape index (κ1) is 31.2. The van der Waals surface area contributed by atoms with E-state index in [4.69, 9.17) is 11.6 Å². The molecule has 2 N–H and O–H groups in total. The Labute approximate surface area is 260 Å². The van der Waals surface area contributed by atoms with Crippen LogP contribution < -0.4 is 4.57 Å². The molecular formula is C29H32ClN2O6S4+. The van der Waals surface area contributed by atoms with Gasteiger partial charge >= 0.3 is 0 Å². The maximum Gasteiger partial charge on any atom is 0.265 e. The number of nitrogens with zero attached hydrogens (tertiary/aromatic N) is 2. The van der Waals surface area contributed by atoms with Gasteiger partial charge in [-0.15, -0.1) is 0 Å². The zero-order chi connectivity index (χ0) is 30.1. The predicted octanol–water partition coefficient (Wildman–Crippen LogP) is 6.02. The number of hydrogen-bond donors (Lipinski definition) is 2. The molecule has 3 aliphatic rings. The van der Waals surface area contributed by atoms with Crippen molar-refractivity contribution in [1.82, 2.24) is 4.90 Å². The van der Waals surface area contributed by atoms with Crippen LogP contribution in [0.5, 0.6) is 0 Å². The highest BCUT2D eigenvalue weighted by atomic mass is 35.5. The fraction of sp³-hybridized carbons (Fsp3) is 0.345. The summed E-state index contributed by atoms with van der Waals surface area (Å²) < 4.78 is 67.4. The molecule has 224 valence electrons. The molecule has 5 rings (SSSR count). The van der Waals surface area contributed by atoms with Crippen molar-refractivity contribution in [3.05, 3.63) is 92.6 Å². The molecule has 1 aliphatic heterocycles. The van der Waals surface area contributed by atoms with Gasteiger partial charge in [0.15, 0.2) is 6.54 Å². The Hall–Kier alpha value is -2.19. The van der Waals surface area contributed by atoms with Crippen molar-refractivity contribution in [2.45, 2.75) is 38.0 Å². The molecule has 13 heteroatoms. The summed E-state index contributed by atoms with van der Waals surface area (Å²) in [7, 11) is -8.15. The van der Waals surface area contributed by atoms with Crippen molar-refractivity contribution < 1.29 is 30.5 Å². The van der Waals surface area contributed by atoms with Gasteiger partial charge in [-0.1, -0.05) is 78.1 Å². The maximum atomic E-state index is 11.5. The van der Waals surface area contributed by atoms with E-state index < -0.39 is 20.2 Å². The third-order valence-electron chi connectivity index (χ3n) is 7.21. The van der Waals surface area contributed by atoms with Gasteiger partial charge in [0.1, 0.15) is 4.70 Å². The minimum atomic E-state index is -4.08. The van der Waals surface area contributed by atoms with E-state index in [0.717, 1.165) is 37.9 Å². The van der Waals surface area contributed by atoms with Gasteiger partial charge in [0.05, 0.1) is 21.8 Å². The van der Waals surface area contributed by atoms with Crippen molar-refractivity contribution in [3.63, 3.8) is 0 Å². The van der Waals surface area contributed by atoms with E-state index in [9.17, 15) is 25.9 Å². The van der Waals surface area contributed by atoms with Crippen molar-refractivity contribution >= 4 is 71.2 Å². The average molecular weight is 668 g/mol. The second kappa shape index (κ2) is 12.8. The van der Waals surface area contributed by atoms with Crippen LogP contribution in [0.1, 0.15) is 31.2 Å². The van der Waals surface area contributed by atoms with Gasteiger partial charge in [-0.25, -0.2) is 0 Å². The molecule has 1 saturated heterocycles. The Kier molecular flexibility index (Phi) is 9.53. The van der Waals surface area contributed by atoms with Crippen LogP contribution in [0.4, 0.5) is 0 Å². The smallest absolute Gasteiger partial charge is 0.265 e. The number of aryl methyl sites for hydroxylation is 1. The third-order valence-corrected chi connectivity index (χ3v) is 11.4.